The molecule has 7 heteroatoms. The van der Waals surface area contributed by atoms with E-state index < -0.39 is 10.0 Å². The molecule has 6 nitrogen and oxygen atoms in total. The molecule has 0 saturated carbocycles. The minimum Gasteiger partial charge on any atom is -0.326 e. The number of benzene rings is 2. The van der Waals surface area contributed by atoms with Gasteiger partial charge in [0.1, 0.15) is 0 Å². The van der Waals surface area contributed by atoms with Crippen molar-refractivity contribution >= 4 is 27.3 Å². The molecule has 1 aliphatic heterocycles. The summed E-state index contributed by atoms with van der Waals surface area (Å²) in [6, 6.07) is 13.5. The lowest BCUT2D eigenvalue weighted by Crippen LogP contribution is -2.27. The first-order valence-electron chi connectivity index (χ1n) is 8.65. The Morgan fingerprint density at radius 2 is 1.73 bits per heavy atom. The van der Waals surface area contributed by atoms with Crippen LogP contribution in [0.25, 0.3) is 0 Å². The van der Waals surface area contributed by atoms with E-state index in [1.807, 2.05) is 6.92 Å². The second-order valence-corrected chi connectivity index (χ2v) is 8.22. The number of hydrogen-bond donors (Lipinski definition) is 3. The van der Waals surface area contributed by atoms with Crippen LogP contribution in [0.2, 0.25) is 0 Å². The van der Waals surface area contributed by atoms with Crippen molar-refractivity contribution in [3.63, 3.8) is 0 Å². The molecule has 3 rings (SSSR count). The summed E-state index contributed by atoms with van der Waals surface area (Å²) in [5.74, 6) is -0.0441. The second kappa shape index (κ2) is 7.88. The summed E-state index contributed by atoms with van der Waals surface area (Å²) < 4.78 is 27.3. The number of amides is 1. The Hall–Kier alpha value is -2.38. The first-order chi connectivity index (χ1) is 12.4. The first kappa shape index (κ1) is 18.4. The van der Waals surface area contributed by atoms with Crippen LogP contribution in [0, 0.1) is 6.92 Å². The topological polar surface area (TPSA) is 87.3 Å². The summed E-state index contributed by atoms with van der Waals surface area (Å²) in [4.78, 5) is 12.2. The van der Waals surface area contributed by atoms with E-state index in [9.17, 15) is 13.2 Å². The highest BCUT2D eigenvalue weighted by Crippen LogP contribution is 2.19. The van der Waals surface area contributed by atoms with Crippen LogP contribution in [-0.2, 0) is 14.8 Å². The zero-order valence-corrected chi connectivity index (χ0v) is 15.5. The van der Waals surface area contributed by atoms with Crippen molar-refractivity contribution in [2.45, 2.75) is 37.1 Å². The van der Waals surface area contributed by atoms with Crippen LogP contribution in [0.4, 0.5) is 11.4 Å². The maximum absolute atomic E-state index is 12.4. The Labute approximate surface area is 154 Å². The zero-order valence-electron chi connectivity index (χ0n) is 14.7. The summed E-state index contributed by atoms with van der Waals surface area (Å²) in [6.07, 6.45) is 2.57. The molecule has 26 heavy (non-hydrogen) atoms. The Morgan fingerprint density at radius 1 is 1.08 bits per heavy atom. The summed E-state index contributed by atoms with van der Waals surface area (Å²) in [7, 11) is -3.63. The number of nitrogens with one attached hydrogen (secondary N) is 3. The number of carbonyl (C=O) groups is 1. The highest BCUT2D eigenvalue weighted by Gasteiger charge is 2.18. The van der Waals surface area contributed by atoms with Crippen LogP contribution in [0.1, 0.15) is 24.8 Å². The number of carbonyl (C=O) groups excluding carboxylic acids is 1. The third-order valence-electron chi connectivity index (χ3n) is 4.35. The van der Waals surface area contributed by atoms with E-state index in [2.05, 4.69) is 15.4 Å². The maximum atomic E-state index is 12.4. The quantitative estimate of drug-likeness (QED) is 0.727. The third-order valence-corrected chi connectivity index (χ3v) is 5.74. The van der Waals surface area contributed by atoms with Crippen LogP contribution >= 0.6 is 0 Å². The van der Waals surface area contributed by atoms with Crippen molar-refractivity contribution in [1.29, 1.82) is 0 Å². The van der Waals surface area contributed by atoms with Crippen molar-refractivity contribution in [2.24, 2.45) is 0 Å². The van der Waals surface area contributed by atoms with E-state index in [1.165, 1.54) is 0 Å². The maximum Gasteiger partial charge on any atom is 0.261 e. The molecule has 2 aromatic rings. The minimum atomic E-state index is -3.63. The predicted molar refractivity (Wildman–Crippen MR) is 103 cm³/mol. The third kappa shape index (κ3) is 4.83. The molecule has 0 radical (unpaired) electrons. The molecule has 0 bridgehead atoms. The van der Waals surface area contributed by atoms with Crippen LogP contribution < -0.4 is 15.4 Å². The molecule has 0 aromatic heterocycles. The molecule has 0 aliphatic carbocycles. The second-order valence-electron chi connectivity index (χ2n) is 6.54. The standard InChI is InChI=1S/C19H23N3O3S/c1-14-4-10-18(11-5-14)26(24,25)22-16-8-6-15(7-9-16)21-19(23)13-17-3-2-12-20-17/h4-11,17,20,22H,2-3,12-13H2,1H3,(H,21,23). The molecule has 0 spiro atoms. The fourth-order valence-corrected chi connectivity index (χ4v) is 3.98. The highest BCUT2D eigenvalue weighted by molar-refractivity contribution is 7.92. The van der Waals surface area contributed by atoms with Gasteiger partial charge in [-0.05, 0) is 62.7 Å². The molecule has 1 fully saturated rings. The van der Waals surface area contributed by atoms with Gasteiger partial charge in [-0.3, -0.25) is 9.52 Å². The van der Waals surface area contributed by atoms with Crippen LogP contribution in [0.5, 0.6) is 0 Å². The van der Waals surface area contributed by atoms with Crippen molar-refractivity contribution in [3.8, 4) is 0 Å². The van der Waals surface area contributed by atoms with Gasteiger partial charge in [0, 0.05) is 23.8 Å². The van der Waals surface area contributed by atoms with E-state index >= 15 is 0 Å². The van der Waals surface area contributed by atoms with Crippen molar-refractivity contribution < 1.29 is 13.2 Å². The Morgan fingerprint density at radius 3 is 2.35 bits per heavy atom. The van der Waals surface area contributed by atoms with Gasteiger partial charge >= 0.3 is 0 Å². The van der Waals surface area contributed by atoms with Gasteiger partial charge in [0.15, 0.2) is 0 Å². The molecule has 1 amide bonds. The predicted octanol–water partition coefficient (Wildman–Crippen LogP) is 2.88. The molecule has 2 aromatic carbocycles. The average molecular weight is 373 g/mol. The van der Waals surface area contributed by atoms with Crippen LogP contribution in [0.3, 0.4) is 0 Å². The number of hydrogen-bond acceptors (Lipinski definition) is 4. The van der Waals surface area contributed by atoms with Crippen LogP contribution in [-0.4, -0.2) is 26.9 Å². The molecule has 1 atom stereocenters. The van der Waals surface area contributed by atoms with Crippen molar-refractivity contribution in [1.82, 2.24) is 5.32 Å². The Bertz CT molecular complexity index is 856. The monoisotopic (exact) mass is 373 g/mol. The molecular weight excluding hydrogens is 350 g/mol. The molecule has 1 aliphatic rings. The molecule has 138 valence electrons. The fourth-order valence-electron chi connectivity index (χ4n) is 2.92. The molecular formula is C19H23N3O3S. The number of sulfonamides is 1. The summed E-state index contributed by atoms with van der Waals surface area (Å²) in [5.41, 5.74) is 2.09. The number of anilines is 2. The van der Waals surface area contributed by atoms with Gasteiger partial charge in [-0.25, -0.2) is 8.42 Å². The van der Waals surface area contributed by atoms with Crippen LogP contribution in [0.15, 0.2) is 53.4 Å². The smallest absolute Gasteiger partial charge is 0.261 e. The Kier molecular flexibility index (Phi) is 5.58. The molecule has 1 unspecified atom stereocenters. The lowest BCUT2D eigenvalue weighted by atomic mass is 10.1. The Balaban J connectivity index is 1.60. The van der Waals surface area contributed by atoms with Gasteiger partial charge in [0.05, 0.1) is 4.90 Å². The van der Waals surface area contributed by atoms with Crippen molar-refractivity contribution in [3.05, 3.63) is 54.1 Å². The minimum absolute atomic E-state index is 0.0441. The largest absolute Gasteiger partial charge is 0.326 e. The van der Waals surface area contributed by atoms with E-state index in [-0.39, 0.29) is 16.8 Å². The molecule has 3 N–H and O–H groups in total. The molecule has 1 saturated heterocycles. The summed E-state index contributed by atoms with van der Waals surface area (Å²) in [5, 5.41) is 6.13. The van der Waals surface area contributed by atoms with E-state index in [4.69, 9.17) is 0 Å². The number of aryl methyl sites for hydroxylation is 1. The van der Waals surface area contributed by atoms with E-state index in [0.29, 0.717) is 17.8 Å². The van der Waals surface area contributed by atoms with Gasteiger partial charge in [-0.2, -0.15) is 0 Å². The number of rotatable bonds is 6. The van der Waals surface area contributed by atoms with Gasteiger partial charge in [0.2, 0.25) is 5.91 Å². The van der Waals surface area contributed by atoms with Crippen molar-refractivity contribution in [2.75, 3.05) is 16.6 Å². The van der Waals surface area contributed by atoms with Gasteiger partial charge < -0.3 is 10.6 Å². The van der Waals surface area contributed by atoms with Gasteiger partial charge in [0.25, 0.3) is 10.0 Å². The fraction of sp³-hybridized carbons (Fsp3) is 0.316. The molecule has 1 heterocycles. The average Bonchev–Trinajstić information content (AvgIpc) is 3.09. The van der Waals surface area contributed by atoms with E-state index in [1.54, 1.807) is 48.5 Å². The van der Waals surface area contributed by atoms with Gasteiger partial charge in [-0.1, -0.05) is 17.7 Å². The zero-order chi connectivity index (χ0) is 18.6. The summed E-state index contributed by atoms with van der Waals surface area (Å²) >= 11 is 0. The lowest BCUT2D eigenvalue weighted by Gasteiger charge is -2.12. The lowest BCUT2D eigenvalue weighted by molar-refractivity contribution is -0.116. The van der Waals surface area contributed by atoms with Gasteiger partial charge in [-0.15, -0.1) is 0 Å². The highest BCUT2D eigenvalue weighted by atomic mass is 32.2. The SMILES string of the molecule is Cc1ccc(S(=O)(=O)Nc2ccc(NC(=O)CC3CCCN3)cc2)cc1. The first-order valence-corrected chi connectivity index (χ1v) is 10.1. The summed E-state index contributed by atoms with van der Waals surface area (Å²) in [6.45, 7) is 2.87. The normalized spacial score (nSPS) is 17.0. The van der Waals surface area contributed by atoms with E-state index in [0.717, 1.165) is 24.9 Å².